The maximum atomic E-state index is 13.7. The third kappa shape index (κ3) is 4.39. The van der Waals surface area contributed by atoms with Crippen LogP contribution in [-0.4, -0.2) is 32.0 Å². The second kappa shape index (κ2) is 9.66. The fourth-order valence-electron chi connectivity index (χ4n) is 4.72. The van der Waals surface area contributed by atoms with Gasteiger partial charge in [-0.15, -0.1) is 0 Å². The van der Waals surface area contributed by atoms with Crippen LogP contribution >= 0.6 is 0 Å². The van der Waals surface area contributed by atoms with Crippen LogP contribution in [0.15, 0.2) is 78.5 Å². The molecule has 0 spiro atoms. The Bertz CT molecular complexity index is 1270. The number of ether oxygens (including phenoxy) is 1. The van der Waals surface area contributed by atoms with Crippen molar-refractivity contribution in [3.05, 3.63) is 89.6 Å². The highest BCUT2D eigenvalue weighted by atomic mass is 16.5. The number of methoxy groups -OCH3 is 1. The monoisotopic (exact) mass is 467 g/mol. The molecule has 1 saturated heterocycles. The van der Waals surface area contributed by atoms with E-state index in [-0.39, 0.29) is 11.6 Å². The molecule has 6 nitrogen and oxygen atoms in total. The Morgan fingerprint density at radius 3 is 2.17 bits per heavy atom. The molecular weight excluding hydrogens is 438 g/mol. The van der Waals surface area contributed by atoms with Crippen molar-refractivity contribution in [2.75, 3.05) is 35.3 Å². The topological polar surface area (TPSA) is 61.9 Å². The number of amides is 2. The van der Waals surface area contributed by atoms with Crippen molar-refractivity contribution in [1.82, 2.24) is 0 Å². The number of carbonyl (C=O) groups is 2. The van der Waals surface area contributed by atoms with E-state index in [2.05, 4.69) is 22.3 Å². The fourth-order valence-corrected chi connectivity index (χ4v) is 4.72. The number of nitrogens with one attached hydrogen (secondary N) is 1. The number of aryl methyl sites for hydroxylation is 1. The van der Waals surface area contributed by atoms with Crippen LogP contribution < -0.4 is 19.9 Å². The van der Waals surface area contributed by atoms with Crippen LogP contribution in [0.4, 0.5) is 17.1 Å². The summed E-state index contributed by atoms with van der Waals surface area (Å²) < 4.78 is 5.45. The van der Waals surface area contributed by atoms with E-state index in [1.165, 1.54) is 37.0 Å². The number of imide groups is 1. The zero-order valence-electron chi connectivity index (χ0n) is 20.1. The van der Waals surface area contributed by atoms with Crippen molar-refractivity contribution in [2.45, 2.75) is 26.2 Å². The van der Waals surface area contributed by atoms with Gasteiger partial charge in [-0.25, -0.2) is 4.90 Å². The lowest BCUT2D eigenvalue weighted by molar-refractivity contribution is -0.120. The summed E-state index contributed by atoms with van der Waals surface area (Å²) in [7, 11) is 1.53. The predicted molar refractivity (Wildman–Crippen MR) is 140 cm³/mol. The number of benzene rings is 3. The number of rotatable bonds is 6. The van der Waals surface area contributed by atoms with E-state index >= 15 is 0 Å². The number of para-hydroxylation sites is 2. The first kappa shape index (κ1) is 22.7. The maximum Gasteiger partial charge on any atom is 0.282 e. The average molecular weight is 468 g/mol. The molecular formula is C29H29N3O3. The zero-order chi connectivity index (χ0) is 24.4. The van der Waals surface area contributed by atoms with Crippen LogP contribution in [0.3, 0.4) is 0 Å². The Hall–Kier alpha value is -4.06. The lowest BCUT2D eigenvalue weighted by Crippen LogP contribution is -2.32. The molecule has 0 aromatic heterocycles. The van der Waals surface area contributed by atoms with Crippen molar-refractivity contribution in [1.29, 1.82) is 0 Å². The summed E-state index contributed by atoms with van der Waals surface area (Å²) >= 11 is 0. The van der Waals surface area contributed by atoms with E-state index < -0.39 is 5.91 Å². The van der Waals surface area contributed by atoms with Crippen LogP contribution in [-0.2, 0) is 9.59 Å². The third-order valence-corrected chi connectivity index (χ3v) is 6.61. The summed E-state index contributed by atoms with van der Waals surface area (Å²) in [6.45, 7) is 4.12. The molecule has 0 saturated carbocycles. The number of hydrogen-bond donors (Lipinski definition) is 1. The van der Waals surface area contributed by atoms with E-state index in [4.69, 9.17) is 4.74 Å². The minimum atomic E-state index is -0.407. The van der Waals surface area contributed by atoms with Crippen molar-refractivity contribution in [3.8, 4) is 5.75 Å². The van der Waals surface area contributed by atoms with Gasteiger partial charge in [-0.1, -0.05) is 42.0 Å². The smallest absolute Gasteiger partial charge is 0.282 e. The Labute approximate surface area is 205 Å². The number of piperidine rings is 1. The quantitative estimate of drug-likeness (QED) is 0.493. The summed E-state index contributed by atoms with van der Waals surface area (Å²) in [4.78, 5) is 30.9. The largest absolute Gasteiger partial charge is 0.495 e. The third-order valence-electron chi connectivity index (χ3n) is 6.61. The molecule has 3 aromatic carbocycles. The summed E-state index contributed by atoms with van der Waals surface area (Å²) in [5.74, 6) is -0.324. The molecule has 35 heavy (non-hydrogen) atoms. The molecule has 0 bridgehead atoms. The molecule has 5 rings (SSSR count). The number of nitrogens with zero attached hydrogens (tertiary/aromatic N) is 2. The Morgan fingerprint density at radius 2 is 1.49 bits per heavy atom. The Morgan fingerprint density at radius 1 is 0.800 bits per heavy atom. The lowest BCUT2D eigenvalue weighted by Gasteiger charge is -2.28. The van der Waals surface area contributed by atoms with Gasteiger partial charge in [-0.05, 0) is 68.1 Å². The summed E-state index contributed by atoms with van der Waals surface area (Å²) in [5, 5.41) is 3.26. The molecule has 2 amide bonds. The molecule has 0 atom stereocenters. The molecule has 3 aromatic rings. The number of carbonyl (C=O) groups excluding carboxylic acids is 2. The van der Waals surface area contributed by atoms with Crippen molar-refractivity contribution >= 4 is 34.4 Å². The highest BCUT2D eigenvalue weighted by molar-refractivity contribution is 6.46. The predicted octanol–water partition coefficient (Wildman–Crippen LogP) is 5.39. The lowest BCUT2D eigenvalue weighted by atomic mass is 10.0. The molecule has 0 unspecified atom stereocenters. The molecule has 0 aliphatic carbocycles. The van der Waals surface area contributed by atoms with Gasteiger partial charge < -0.3 is 15.0 Å². The van der Waals surface area contributed by atoms with Crippen LogP contribution in [0.25, 0.3) is 5.57 Å². The molecule has 1 N–H and O–H groups in total. The zero-order valence-corrected chi connectivity index (χ0v) is 20.1. The standard InChI is InChI=1S/C29H29N3O3/c1-20-10-12-21(13-11-20)26-27(29(34)32(28(26)33)24-8-4-5-9-25(24)35-2)30-22-14-16-23(17-15-22)31-18-6-3-7-19-31/h4-5,8-17,30H,3,6-7,18-19H2,1-2H3. The molecule has 2 heterocycles. The molecule has 0 radical (unpaired) electrons. The fraction of sp³-hybridized carbons (Fsp3) is 0.241. The van der Waals surface area contributed by atoms with Crippen LogP contribution in [0.2, 0.25) is 0 Å². The van der Waals surface area contributed by atoms with Gasteiger partial charge >= 0.3 is 0 Å². The van der Waals surface area contributed by atoms with Crippen molar-refractivity contribution in [2.24, 2.45) is 0 Å². The highest BCUT2D eigenvalue weighted by Crippen LogP contribution is 2.38. The van der Waals surface area contributed by atoms with E-state index in [0.717, 1.165) is 24.3 Å². The van der Waals surface area contributed by atoms with Crippen LogP contribution in [0.5, 0.6) is 5.75 Å². The van der Waals surface area contributed by atoms with E-state index in [1.807, 2.05) is 49.4 Å². The first-order valence-corrected chi connectivity index (χ1v) is 12.0. The van der Waals surface area contributed by atoms with Gasteiger partial charge in [0.2, 0.25) is 0 Å². The van der Waals surface area contributed by atoms with Crippen molar-refractivity contribution < 1.29 is 14.3 Å². The number of hydrogen-bond acceptors (Lipinski definition) is 5. The van der Waals surface area contributed by atoms with Gasteiger partial charge in [0.05, 0.1) is 18.4 Å². The van der Waals surface area contributed by atoms with Gasteiger partial charge in [-0.3, -0.25) is 9.59 Å². The minimum absolute atomic E-state index is 0.260. The molecule has 2 aliphatic heterocycles. The maximum absolute atomic E-state index is 13.7. The first-order valence-electron chi connectivity index (χ1n) is 12.0. The average Bonchev–Trinajstić information content (AvgIpc) is 3.14. The van der Waals surface area contributed by atoms with Gasteiger partial charge in [0.1, 0.15) is 11.4 Å². The normalized spacial score (nSPS) is 16.2. The molecule has 2 aliphatic rings. The van der Waals surface area contributed by atoms with Gasteiger partial charge in [0.25, 0.3) is 11.8 Å². The summed E-state index contributed by atoms with van der Waals surface area (Å²) in [5.41, 5.74) is 4.73. The summed E-state index contributed by atoms with van der Waals surface area (Å²) in [6.07, 6.45) is 3.70. The second-order valence-corrected chi connectivity index (χ2v) is 8.95. The minimum Gasteiger partial charge on any atom is -0.495 e. The van der Waals surface area contributed by atoms with Crippen LogP contribution in [0, 0.1) is 6.92 Å². The molecule has 6 heteroatoms. The van der Waals surface area contributed by atoms with E-state index in [9.17, 15) is 9.59 Å². The molecule has 178 valence electrons. The van der Waals surface area contributed by atoms with Gasteiger partial charge in [-0.2, -0.15) is 0 Å². The van der Waals surface area contributed by atoms with E-state index in [1.54, 1.807) is 18.2 Å². The van der Waals surface area contributed by atoms with Gasteiger partial charge in [0, 0.05) is 24.5 Å². The van der Waals surface area contributed by atoms with Crippen LogP contribution in [0.1, 0.15) is 30.4 Å². The van der Waals surface area contributed by atoms with E-state index in [0.29, 0.717) is 22.6 Å². The van der Waals surface area contributed by atoms with Crippen molar-refractivity contribution in [3.63, 3.8) is 0 Å². The van der Waals surface area contributed by atoms with Gasteiger partial charge in [0.15, 0.2) is 0 Å². The Kier molecular flexibility index (Phi) is 6.27. The first-order chi connectivity index (χ1) is 17.1. The second-order valence-electron chi connectivity index (χ2n) is 8.95. The highest BCUT2D eigenvalue weighted by Gasteiger charge is 2.41. The SMILES string of the molecule is COc1ccccc1N1C(=O)C(Nc2ccc(N3CCCCC3)cc2)=C(c2ccc(C)cc2)C1=O. The Balaban J connectivity index is 1.51. The number of anilines is 3. The molecule has 1 fully saturated rings. The summed E-state index contributed by atoms with van der Waals surface area (Å²) in [6, 6.07) is 22.8.